The summed E-state index contributed by atoms with van der Waals surface area (Å²) in [5.74, 6) is 0.0228. The number of carbonyl (C=O) groups excluding carboxylic acids is 1. The van der Waals surface area contributed by atoms with Gasteiger partial charge in [0.15, 0.2) is 11.5 Å². The molecule has 1 atom stereocenters. The summed E-state index contributed by atoms with van der Waals surface area (Å²) in [7, 11) is 1.51. The molecule has 0 spiro atoms. The van der Waals surface area contributed by atoms with Gasteiger partial charge in [0.1, 0.15) is 28.6 Å². The second-order valence-corrected chi connectivity index (χ2v) is 9.69. The average molecular weight is 554 g/mol. The van der Waals surface area contributed by atoms with Gasteiger partial charge in [0.2, 0.25) is 5.91 Å². The highest BCUT2D eigenvalue weighted by Crippen LogP contribution is 2.44. The summed E-state index contributed by atoms with van der Waals surface area (Å²) in [6, 6.07) is 0.122. The van der Waals surface area contributed by atoms with E-state index in [0.717, 1.165) is 12.8 Å². The number of halogens is 5. The number of aromatic nitrogens is 6. The van der Waals surface area contributed by atoms with Crippen molar-refractivity contribution in [2.24, 2.45) is 18.6 Å². The van der Waals surface area contributed by atoms with Gasteiger partial charge in [-0.2, -0.15) is 27.1 Å². The van der Waals surface area contributed by atoms with Crippen molar-refractivity contribution in [2.45, 2.75) is 56.2 Å². The van der Waals surface area contributed by atoms with Crippen LogP contribution in [0.4, 0.5) is 33.6 Å². The Morgan fingerprint density at radius 2 is 1.92 bits per heavy atom. The highest BCUT2D eigenvalue weighted by Gasteiger charge is 2.56. The van der Waals surface area contributed by atoms with Gasteiger partial charge in [-0.05, 0) is 19.8 Å². The smallest absolute Gasteiger partial charge is 0.400 e. The Morgan fingerprint density at radius 1 is 1.23 bits per heavy atom. The molecule has 1 aliphatic carbocycles. The molecule has 2 aliphatic rings. The number of alkyl halides is 5. The lowest BCUT2D eigenvalue weighted by molar-refractivity contribution is -0.284. The molecule has 0 radical (unpaired) electrons. The summed E-state index contributed by atoms with van der Waals surface area (Å²) < 4.78 is 66.5. The summed E-state index contributed by atoms with van der Waals surface area (Å²) >= 11 is 0. The molecule has 5 rings (SSSR count). The molecule has 4 heterocycles. The number of rotatable bonds is 7. The summed E-state index contributed by atoms with van der Waals surface area (Å²) in [6.45, 7) is 1.54. The van der Waals surface area contributed by atoms with Crippen LogP contribution >= 0.6 is 0 Å². The first-order valence-corrected chi connectivity index (χ1v) is 11.8. The first-order valence-electron chi connectivity index (χ1n) is 11.8. The number of carbonyl (C=O) groups is 1. The van der Waals surface area contributed by atoms with E-state index in [-0.39, 0.29) is 57.3 Å². The average Bonchev–Trinajstić information content (AvgIpc) is 3.59. The summed E-state index contributed by atoms with van der Waals surface area (Å²) in [5, 5.41) is 8.41. The molecular formula is C22H24F5N11O. The van der Waals surface area contributed by atoms with Crippen LogP contribution in [0.2, 0.25) is 0 Å². The van der Waals surface area contributed by atoms with Crippen molar-refractivity contribution in [2.75, 3.05) is 11.1 Å². The maximum Gasteiger partial charge on any atom is 0.453 e. The zero-order valence-electron chi connectivity index (χ0n) is 20.7. The van der Waals surface area contributed by atoms with Gasteiger partial charge < -0.3 is 21.8 Å². The SMILES string of the molecule is Cn1ncc2c(-c3nc(N)c4c(n3)NC(=O)C4(C)/C(N)=C/N(N)C3CC3)nc(CCC(F)(F)C(F)(F)F)nc21. The van der Waals surface area contributed by atoms with Crippen LogP contribution in [0.1, 0.15) is 37.6 Å². The molecule has 3 aromatic heterocycles. The molecule has 208 valence electrons. The van der Waals surface area contributed by atoms with Gasteiger partial charge in [-0.1, -0.05) is 0 Å². The Morgan fingerprint density at radius 3 is 2.56 bits per heavy atom. The number of aryl methyl sites for hydroxylation is 2. The molecule has 0 bridgehead atoms. The van der Waals surface area contributed by atoms with E-state index in [0.29, 0.717) is 0 Å². The lowest BCUT2D eigenvalue weighted by atomic mass is 9.81. The van der Waals surface area contributed by atoms with E-state index in [1.54, 1.807) is 6.92 Å². The van der Waals surface area contributed by atoms with Crippen molar-refractivity contribution in [3.05, 3.63) is 29.5 Å². The molecule has 0 saturated heterocycles. The number of nitrogens with one attached hydrogen (secondary N) is 1. The minimum absolute atomic E-state index is 0.0128. The first-order chi connectivity index (χ1) is 18.1. The van der Waals surface area contributed by atoms with E-state index < -0.39 is 36.3 Å². The zero-order valence-corrected chi connectivity index (χ0v) is 20.7. The number of amides is 1. The van der Waals surface area contributed by atoms with Crippen LogP contribution in [0.25, 0.3) is 22.6 Å². The fraction of sp³-hybridized carbons (Fsp3) is 0.455. The number of hydrazine groups is 1. The Kier molecular flexibility index (Phi) is 5.89. The molecule has 1 aliphatic heterocycles. The number of fused-ring (bicyclic) bond motifs is 2. The second kappa shape index (κ2) is 8.69. The molecule has 12 nitrogen and oxygen atoms in total. The molecular weight excluding hydrogens is 529 g/mol. The van der Waals surface area contributed by atoms with Crippen LogP contribution in [-0.2, 0) is 23.7 Å². The van der Waals surface area contributed by atoms with Crippen molar-refractivity contribution in [3.63, 3.8) is 0 Å². The molecule has 7 N–H and O–H groups in total. The maximum atomic E-state index is 13.6. The molecule has 39 heavy (non-hydrogen) atoms. The van der Waals surface area contributed by atoms with Crippen LogP contribution < -0.4 is 22.6 Å². The van der Waals surface area contributed by atoms with E-state index in [1.165, 1.54) is 29.1 Å². The largest absolute Gasteiger partial charge is 0.453 e. The van der Waals surface area contributed by atoms with Gasteiger partial charge in [0, 0.05) is 37.8 Å². The fourth-order valence-electron chi connectivity index (χ4n) is 4.32. The Bertz CT molecular complexity index is 1510. The minimum Gasteiger partial charge on any atom is -0.400 e. The van der Waals surface area contributed by atoms with Crippen molar-refractivity contribution in [1.29, 1.82) is 0 Å². The van der Waals surface area contributed by atoms with Gasteiger partial charge in [-0.25, -0.2) is 25.8 Å². The van der Waals surface area contributed by atoms with E-state index in [4.69, 9.17) is 17.3 Å². The molecule has 3 aromatic rings. The quantitative estimate of drug-likeness (QED) is 0.192. The summed E-state index contributed by atoms with van der Waals surface area (Å²) in [6.07, 6.45) is -3.46. The number of hydrogen-bond acceptors (Lipinski definition) is 10. The highest BCUT2D eigenvalue weighted by atomic mass is 19.4. The third-order valence-electron chi connectivity index (χ3n) is 6.88. The molecule has 0 aromatic carbocycles. The number of nitrogens with zero attached hydrogens (tertiary/aromatic N) is 7. The highest BCUT2D eigenvalue weighted by molar-refractivity contribution is 6.09. The number of nitrogen functional groups attached to an aromatic ring is 1. The Balaban J connectivity index is 1.57. The number of hydrogen-bond donors (Lipinski definition) is 4. The minimum atomic E-state index is -5.72. The van der Waals surface area contributed by atoms with Crippen molar-refractivity contribution < 1.29 is 26.7 Å². The normalized spacial score (nSPS) is 19.9. The molecule has 1 saturated carbocycles. The summed E-state index contributed by atoms with van der Waals surface area (Å²) in [4.78, 5) is 30.0. The van der Waals surface area contributed by atoms with E-state index in [2.05, 4.69) is 30.4 Å². The third kappa shape index (κ3) is 4.35. The van der Waals surface area contributed by atoms with E-state index in [1.807, 2.05) is 0 Å². The van der Waals surface area contributed by atoms with E-state index in [9.17, 15) is 26.7 Å². The monoisotopic (exact) mass is 553 g/mol. The van der Waals surface area contributed by atoms with Gasteiger partial charge in [-0.15, -0.1) is 0 Å². The molecule has 1 unspecified atom stereocenters. The van der Waals surface area contributed by atoms with Gasteiger partial charge in [0.05, 0.1) is 17.1 Å². The van der Waals surface area contributed by atoms with Crippen molar-refractivity contribution in [3.8, 4) is 11.5 Å². The van der Waals surface area contributed by atoms with E-state index >= 15 is 0 Å². The number of nitrogens with two attached hydrogens (primary N) is 3. The predicted octanol–water partition coefficient (Wildman–Crippen LogP) is 1.88. The number of anilines is 2. The summed E-state index contributed by atoms with van der Waals surface area (Å²) in [5.41, 5.74) is 11.6. The standard InChI is InChI=1S/C22H24F5N11O/c1-20(11(28)8-38(30)9-3-4-9)13-15(29)34-17(35-16(13)36-19(20)39)14-10-7-31-37(2)18(10)33-12(32-14)5-6-21(23,24)22(25,26)27/h7-9H,3-6,28,30H2,1-2H3,(H3,29,34,35,36,39)/b11-8-. The lowest BCUT2D eigenvalue weighted by Gasteiger charge is -2.25. The van der Waals surface area contributed by atoms with Gasteiger partial charge >= 0.3 is 12.1 Å². The van der Waals surface area contributed by atoms with Gasteiger partial charge in [-0.3, -0.25) is 9.48 Å². The zero-order chi connectivity index (χ0) is 28.5. The molecule has 1 amide bonds. The molecule has 17 heteroatoms. The first kappa shape index (κ1) is 26.5. The second-order valence-electron chi connectivity index (χ2n) is 9.69. The van der Waals surface area contributed by atoms with Crippen LogP contribution in [0, 0.1) is 0 Å². The van der Waals surface area contributed by atoms with Crippen LogP contribution in [0.5, 0.6) is 0 Å². The predicted molar refractivity (Wildman–Crippen MR) is 128 cm³/mol. The topological polar surface area (TPSA) is 180 Å². The van der Waals surface area contributed by atoms with Crippen LogP contribution in [0.3, 0.4) is 0 Å². The Labute approximate surface area is 217 Å². The third-order valence-corrected chi connectivity index (χ3v) is 6.88. The van der Waals surface area contributed by atoms with Crippen molar-refractivity contribution in [1.82, 2.24) is 34.7 Å². The van der Waals surface area contributed by atoms with Crippen LogP contribution in [-0.4, -0.2) is 58.8 Å². The fourth-order valence-corrected chi connectivity index (χ4v) is 4.32. The van der Waals surface area contributed by atoms with Gasteiger partial charge in [0.25, 0.3) is 0 Å². The maximum absolute atomic E-state index is 13.6. The molecule has 1 fully saturated rings. The Hall–Kier alpha value is -4.15. The lowest BCUT2D eigenvalue weighted by Crippen LogP contribution is -2.40. The van der Waals surface area contributed by atoms with Crippen molar-refractivity contribution >= 4 is 28.6 Å². The van der Waals surface area contributed by atoms with Crippen LogP contribution in [0.15, 0.2) is 18.1 Å².